The maximum Gasteiger partial charge on any atom is 0.280 e. The molecule has 0 saturated carbocycles. The van der Waals surface area contributed by atoms with Crippen molar-refractivity contribution in [3.8, 4) is 11.5 Å². The molecule has 2 amide bonds. The second kappa shape index (κ2) is 9.41. The molecule has 0 aliphatic heterocycles. The smallest absolute Gasteiger partial charge is 0.280 e. The van der Waals surface area contributed by atoms with Crippen LogP contribution in [-0.4, -0.2) is 40.5 Å². The van der Waals surface area contributed by atoms with Crippen LogP contribution in [0.4, 0.5) is 17.2 Å². The number of nitrogens with zero attached hydrogens (tertiary/aromatic N) is 3. The van der Waals surface area contributed by atoms with Crippen molar-refractivity contribution in [2.24, 2.45) is 0 Å². The first kappa shape index (κ1) is 20.6. The van der Waals surface area contributed by atoms with Gasteiger partial charge < -0.3 is 25.8 Å². The fourth-order valence-corrected chi connectivity index (χ4v) is 2.67. The van der Waals surface area contributed by atoms with Gasteiger partial charge in [-0.15, -0.1) is 5.10 Å². The number of para-hydroxylation sites is 2. The Morgan fingerprint density at radius 1 is 1.10 bits per heavy atom. The number of hydrogen-bond acceptors (Lipinski definition) is 7. The Kier molecular flexibility index (Phi) is 6.48. The first-order valence-electron chi connectivity index (χ1n) is 9.17. The van der Waals surface area contributed by atoms with Gasteiger partial charge in [-0.1, -0.05) is 17.3 Å². The molecule has 0 spiro atoms. The van der Waals surface area contributed by atoms with E-state index in [1.165, 1.54) is 7.11 Å². The fourth-order valence-electron chi connectivity index (χ4n) is 2.67. The van der Waals surface area contributed by atoms with E-state index in [0.717, 1.165) is 4.68 Å². The summed E-state index contributed by atoms with van der Waals surface area (Å²) in [5.41, 5.74) is 6.94. The molecular weight excluding hydrogens is 388 g/mol. The lowest BCUT2D eigenvalue weighted by molar-refractivity contribution is -0.116. The number of anilines is 3. The second-order valence-electron chi connectivity index (χ2n) is 6.14. The molecule has 156 valence electrons. The summed E-state index contributed by atoms with van der Waals surface area (Å²) >= 11 is 0. The Hall–Kier alpha value is -4.08. The number of carbonyl (C=O) groups excluding carboxylic acids is 2. The first-order chi connectivity index (χ1) is 14.5. The van der Waals surface area contributed by atoms with Crippen molar-refractivity contribution in [1.29, 1.82) is 0 Å². The molecule has 1 aromatic heterocycles. The molecule has 0 atom stereocenters. The number of aromatic nitrogens is 3. The number of nitrogens with two attached hydrogens (primary N) is 1. The standard InChI is InChI=1S/C20H22N6O4/c1-3-30-14-10-8-13(9-11-14)22-17(27)12-26-19(21)18(24-25-26)20(28)23-15-6-4-5-7-16(15)29-2/h4-11H,3,12,21H2,1-2H3,(H,22,27)(H,23,28). The molecule has 0 saturated heterocycles. The summed E-state index contributed by atoms with van der Waals surface area (Å²) in [5.74, 6) is 0.250. The van der Waals surface area contributed by atoms with Crippen LogP contribution in [0.15, 0.2) is 48.5 Å². The van der Waals surface area contributed by atoms with Gasteiger partial charge in [0.05, 0.1) is 19.4 Å². The quantitative estimate of drug-likeness (QED) is 0.518. The Bertz CT molecular complexity index is 1030. The second-order valence-corrected chi connectivity index (χ2v) is 6.14. The number of benzene rings is 2. The summed E-state index contributed by atoms with van der Waals surface area (Å²) in [4.78, 5) is 24.8. The monoisotopic (exact) mass is 410 g/mol. The van der Waals surface area contributed by atoms with E-state index in [4.69, 9.17) is 15.2 Å². The van der Waals surface area contributed by atoms with Crippen molar-refractivity contribution < 1.29 is 19.1 Å². The van der Waals surface area contributed by atoms with Crippen molar-refractivity contribution in [3.63, 3.8) is 0 Å². The molecule has 0 aliphatic carbocycles. The van der Waals surface area contributed by atoms with Crippen LogP contribution in [0.2, 0.25) is 0 Å². The highest BCUT2D eigenvalue weighted by atomic mass is 16.5. The summed E-state index contributed by atoms with van der Waals surface area (Å²) in [6, 6.07) is 13.9. The average molecular weight is 410 g/mol. The Morgan fingerprint density at radius 2 is 1.83 bits per heavy atom. The lowest BCUT2D eigenvalue weighted by Gasteiger charge is -2.09. The summed E-state index contributed by atoms with van der Waals surface area (Å²) < 4.78 is 11.7. The Labute approximate surface area is 173 Å². The zero-order valence-electron chi connectivity index (χ0n) is 16.6. The van der Waals surface area contributed by atoms with Crippen molar-refractivity contribution in [1.82, 2.24) is 15.0 Å². The van der Waals surface area contributed by atoms with Crippen LogP contribution in [0.3, 0.4) is 0 Å². The predicted molar refractivity (Wildman–Crippen MR) is 112 cm³/mol. The van der Waals surface area contributed by atoms with Gasteiger partial charge in [-0.2, -0.15) is 0 Å². The minimum atomic E-state index is -0.560. The number of rotatable bonds is 8. The van der Waals surface area contributed by atoms with Crippen molar-refractivity contribution in [2.45, 2.75) is 13.5 Å². The molecule has 3 rings (SSSR count). The van der Waals surface area contributed by atoms with Gasteiger partial charge in [-0.25, -0.2) is 4.68 Å². The zero-order chi connectivity index (χ0) is 21.5. The fraction of sp³-hybridized carbons (Fsp3) is 0.200. The number of nitrogens with one attached hydrogen (secondary N) is 2. The molecule has 0 fully saturated rings. The minimum absolute atomic E-state index is 0.0239. The van der Waals surface area contributed by atoms with Crippen LogP contribution in [0.25, 0.3) is 0 Å². The maximum atomic E-state index is 12.5. The molecule has 2 aromatic carbocycles. The van der Waals surface area contributed by atoms with Gasteiger partial charge in [0, 0.05) is 5.69 Å². The SMILES string of the molecule is CCOc1ccc(NC(=O)Cn2nnc(C(=O)Nc3ccccc3OC)c2N)cc1. The van der Waals surface area contributed by atoms with Crippen molar-refractivity contribution in [2.75, 3.05) is 30.1 Å². The molecule has 10 nitrogen and oxygen atoms in total. The van der Waals surface area contributed by atoms with E-state index in [1.807, 2.05) is 6.92 Å². The van der Waals surface area contributed by atoms with Gasteiger partial charge in [0.1, 0.15) is 18.0 Å². The number of hydrogen-bond donors (Lipinski definition) is 3. The maximum absolute atomic E-state index is 12.5. The summed E-state index contributed by atoms with van der Waals surface area (Å²) in [6.45, 7) is 2.25. The predicted octanol–water partition coefficient (Wildman–Crippen LogP) is 2.16. The number of methoxy groups -OCH3 is 1. The molecule has 0 bridgehead atoms. The highest BCUT2D eigenvalue weighted by molar-refractivity contribution is 6.06. The molecule has 1 heterocycles. The third kappa shape index (κ3) is 4.85. The molecule has 4 N–H and O–H groups in total. The van der Waals surface area contributed by atoms with E-state index in [0.29, 0.717) is 29.5 Å². The van der Waals surface area contributed by atoms with Gasteiger partial charge in [0.25, 0.3) is 5.91 Å². The van der Waals surface area contributed by atoms with Gasteiger partial charge >= 0.3 is 0 Å². The van der Waals surface area contributed by atoms with E-state index in [2.05, 4.69) is 20.9 Å². The van der Waals surface area contributed by atoms with E-state index in [1.54, 1.807) is 48.5 Å². The topological polar surface area (TPSA) is 133 Å². The summed E-state index contributed by atoms with van der Waals surface area (Å²) in [5, 5.41) is 13.0. The highest BCUT2D eigenvalue weighted by Crippen LogP contribution is 2.24. The highest BCUT2D eigenvalue weighted by Gasteiger charge is 2.20. The molecule has 0 radical (unpaired) electrons. The summed E-state index contributed by atoms with van der Waals surface area (Å²) in [7, 11) is 1.50. The lowest BCUT2D eigenvalue weighted by Crippen LogP contribution is -2.21. The minimum Gasteiger partial charge on any atom is -0.495 e. The molecular formula is C20H22N6O4. The Morgan fingerprint density at radius 3 is 2.53 bits per heavy atom. The van der Waals surface area contributed by atoms with Gasteiger partial charge in [-0.3, -0.25) is 9.59 Å². The Balaban J connectivity index is 1.64. The zero-order valence-corrected chi connectivity index (χ0v) is 16.6. The van der Waals surface area contributed by atoms with Gasteiger partial charge in [0.2, 0.25) is 5.91 Å². The van der Waals surface area contributed by atoms with Crippen LogP contribution < -0.4 is 25.8 Å². The van der Waals surface area contributed by atoms with E-state index >= 15 is 0 Å². The lowest BCUT2D eigenvalue weighted by atomic mass is 10.2. The van der Waals surface area contributed by atoms with Gasteiger partial charge in [-0.05, 0) is 43.3 Å². The number of amides is 2. The van der Waals surface area contributed by atoms with Crippen LogP contribution in [0, 0.1) is 0 Å². The average Bonchev–Trinajstić information content (AvgIpc) is 3.10. The number of ether oxygens (including phenoxy) is 2. The van der Waals surface area contributed by atoms with E-state index in [-0.39, 0.29) is 24.0 Å². The van der Waals surface area contributed by atoms with E-state index < -0.39 is 5.91 Å². The molecule has 0 aliphatic rings. The number of nitrogen functional groups attached to an aromatic ring is 1. The van der Waals surface area contributed by atoms with Crippen molar-refractivity contribution in [3.05, 3.63) is 54.2 Å². The third-order valence-corrected chi connectivity index (χ3v) is 4.09. The number of carbonyl (C=O) groups is 2. The van der Waals surface area contributed by atoms with E-state index in [9.17, 15) is 9.59 Å². The largest absolute Gasteiger partial charge is 0.495 e. The first-order valence-corrected chi connectivity index (χ1v) is 9.17. The normalized spacial score (nSPS) is 10.3. The molecule has 10 heteroatoms. The molecule has 0 unspecified atom stereocenters. The van der Waals surface area contributed by atoms with Crippen LogP contribution >= 0.6 is 0 Å². The van der Waals surface area contributed by atoms with Crippen molar-refractivity contribution >= 4 is 29.0 Å². The van der Waals surface area contributed by atoms with Gasteiger partial charge in [0.15, 0.2) is 11.5 Å². The molecule has 30 heavy (non-hydrogen) atoms. The van der Waals surface area contributed by atoms with Crippen LogP contribution in [0.5, 0.6) is 11.5 Å². The van der Waals surface area contributed by atoms with Crippen LogP contribution in [-0.2, 0) is 11.3 Å². The molecule has 3 aromatic rings. The summed E-state index contributed by atoms with van der Waals surface area (Å²) in [6.07, 6.45) is 0. The third-order valence-electron chi connectivity index (χ3n) is 4.09. The van der Waals surface area contributed by atoms with Crippen LogP contribution in [0.1, 0.15) is 17.4 Å².